The molecular formula is C14H23NO. The predicted molar refractivity (Wildman–Crippen MR) is 68.5 cm³/mol. The second-order valence-corrected chi connectivity index (χ2v) is 4.01. The van der Waals surface area contributed by atoms with E-state index in [0.717, 1.165) is 13.2 Å². The Balaban J connectivity index is 2.04. The van der Waals surface area contributed by atoms with Gasteiger partial charge in [-0.25, -0.2) is 0 Å². The Bertz CT molecular complexity index is 257. The van der Waals surface area contributed by atoms with E-state index in [2.05, 4.69) is 31.3 Å². The molecule has 0 saturated carbocycles. The van der Waals surface area contributed by atoms with Crippen LogP contribution in [0.3, 0.4) is 0 Å². The van der Waals surface area contributed by atoms with Gasteiger partial charge in [0.05, 0.1) is 13.2 Å². The minimum Gasteiger partial charge on any atom is -0.375 e. The summed E-state index contributed by atoms with van der Waals surface area (Å²) in [6.07, 6.45) is 2.38. The van der Waals surface area contributed by atoms with E-state index in [0.29, 0.717) is 12.6 Å². The van der Waals surface area contributed by atoms with Crippen molar-refractivity contribution in [1.29, 1.82) is 0 Å². The lowest BCUT2D eigenvalue weighted by Gasteiger charge is -2.14. The van der Waals surface area contributed by atoms with Gasteiger partial charge in [-0.05, 0) is 18.4 Å². The molecule has 0 saturated heterocycles. The van der Waals surface area contributed by atoms with Crippen LogP contribution in [0.1, 0.15) is 32.3 Å². The smallest absolute Gasteiger partial charge is 0.0717 e. The van der Waals surface area contributed by atoms with E-state index in [1.807, 2.05) is 18.2 Å². The molecule has 0 aliphatic rings. The van der Waals surface area contributed by atoms with Gasteiger partial charge >= 0.3 is 0 Å². The summed E-state index contributed by atoms with van der Waals surface area (Å²) in [7, 11) is 0. The second kappa shape index (κ2) is 8.31. The molecule has 90 valence electrons. The molecule has 1 aromatic rings. The Hall–Kier alpha value is -0.860. The van der Waals surface area contributed by atoms with Crippen LogP contribution in [0, 0.1) is 0 Å². The van der Waals surface area contributed by atoms with Gasteiger partial charge in [-0.2, -0.15) is 0 Å². The van der Waals surface area contributed by atoms with Gasteiger partial charge in [-0.1, -0.05) is 44.2 Å². The van der Waals surface area contributed by atoms with Crippen molar-refractivity contribution < 1.29 is 4.74 Å². The summed E-state index contributed by atoms with van der Waals surface area (Å²) in [6, 6.07) is 10.9. The van der Waals surface area contributed by atoms with E-state index in [9.17, 15) is 0 Å². The SMILES string of the molecule is CCC(CC)NCCOCc1ccccc1. The average Bonchev–Trinajstić information content (AvgIpc) is 2.35. The fourth-order valence-corrected chi connectivity index (χ4v) is 1.68. The molecule has 0 amide bonds. The normalized spacial score (nSPS) is 10.9. The largest absolute Gasteiger partial charge is 0.375 e. The van der Waals surface area contributed by atoms with E-state index >= 15 is 0 Å². The summed E-state index contributed by atoms with van der Waals surface area (Å²) < 4.78 is 5.60. The highest BCUT2D eigenvalue weighted by atomic mass is 16.5. The highest BCUT2D eigenvalue weighted by Gasteiger charge is 2.00. The topological polar surface area (TPSA) is 21.3 Å². The first-order valence-corrected chi connectivity index (χ1v) is 6.21. The second-order valence-electron chi connectivity index (χ2n) is 4.01. The predicted octanol–water partition coefficient (Wildman–Crippen LogP) is 2.98. The van der Waals surface area contributed by atoms with Crippen LogP contribution in [0.25, 0.3) is 0 Å². The molecule has 0 radical (unpaired) electrons. The molecule has 1 N–H and O–H groups in total. The minimum absolute atomic E-state index is 0.639. The van der Waals surface area contributed by atoms with Crippen molar-refractivity contribution >= 4 is 0 Å². The molecule has 0 aliphatic carbocycles. The first kappa shape index (κ1) is 13.2. The number of hydrogen-bond donors (Lipinski definition) is 1. The zero-order valence-corrected chi connectivity index (χ0v) is 10.4. The average molecular weight is 221 g/mol. The first-order valence-electron chi connectivity index (χ1n) is 6.21. The Morgan fingerprint density at radius 3 is 2.44 bits per heavy atom. The van der Waals surface area contributed by atoms with Crippen LogP contribution in [0.15, 0.2) is 30.3 Å². The van der Waals surface area contributed by atoms with Gasteiger partial charge in [-0.15, -0.1) is 0 Å². The van der Waals surface area contributed by atoms with Gasteiger partial charge in [0.1, 0.15) is 0 Å². The standard InChI is InChI=1S/C14H23NO/c1-3-14(4-2)15-10-11-16-12-13-8-6-5-7-9-13/h5-9,14-15H,3-4,10-12H2,1-2H3. The van der Waals surface area contributed by atoms with Crippen molar-refractivity contribution in [2.24, 2.45) is 0 Å². The summed E-state index contributed by atoms with van der Waals surface area (Å²) in [5.74, 6) is 0. The molecule has 0 atom stereocenters. The van der Waals surface area contributed by atoms with Gasteiger partial charge < -0.3 is 10.1 Å². The van der Waals surface area contributed by atoms with Gasteiger partial charge in [0.15, 0.2) is 0 Å². The van der Waals surface area contributed by atoms with Crippen LogP contribution in [-0.2, 0) is 11.3 Å². The maximum atomic E-state index is 5.60. The lowest BCUT2D eigenvalue weighted by atomic mass is 10.2. The number of ether oxygens (including phenoxy) is 1. The molecule has 2 nitrogen and oxygen atoms in total. The molecule has 0 heterocycles. The maximum Gasteiger partial charge on any atom is 0.0717 e. The Labute approximate surface area is 99.0 Å². The number of nitrogens with one attached hydrogen (secondary N) is 1. The summed E-state index contributed by atoms with van der Waals surface area (Å²) in [5, 5.41) is 3.48. The third-order valence-electron chi connectivity index (χ3n) is 2.78. The monoisotopic (exact) mass is 221 g/mol. The quantitative estimate of drug-likeness (QED) is 0.681. The molecule has 0 bridgehead atoms. The van der Waals surface area contributed by atoms with E-state index < -0.39 is 0 Å². The Kier molecular flexibility index (Phi) is 6.86. The van der Waals surface area contributed by atoms with Crippen LogP contribution >= 0.6 is 0 Å². The number of benzene rings is 1. The molecule has 0 spiro atoms. The van der Waals surface area contributed by atoms with Gasteiger partial charge in [0, 0.05) is 12.6 Å². The third kappa shape index (κ3) is 5.29. The molecule has 16 heavy (non-hydrogen) atoms. The molecular weight excluding hydrogens is 198 g/mol. The van der Waals surface area contributed by atoms with Crippen molar-refractivity contribution in [3.05, 3.63) is 35.9 Å². The Morgan fingerprint density at radius 2 is 1.81 bits per heavy atom. The molecule has 1 aromatic carbocycles. The lowest BCUT2D eigenvalue weighted by Crippen LogP contribution is -2.30. The van der Waals surface area contributed by atoms with Gasteiger partial charge in [0.25, 0.3) is 0 Å². The van der Waals surface area contributed by atoms with Crippen LogP contribution in [0.2, 0.25) is 0 Å². The molecule has 0 fully saturated rings. The summed E-state index contributed by atoms with van der Waals surface area (Å²) in [6.45, 7) is 6.87. The lowest BCUT2D eigenvalue weighted by molar-refractivity contribution is 0.120. The fourth-order valence-electron chi connectivity index (χ4n) is 1.68. The van der Waals surface area contributed by atoms with Crippen molar-refractivity contribution in [2.75, 3.05) is 13.2 Å². The van der Waals surface area contributed by atoms with Crippen molar-refractivity contribution in [1.82, 2.24) is 5.32 Å². The van der Waals surface area contributed by atoms with Crippen molar-refractivity contribution in [3.8, 4) is 0 Å². The summed E-state index contributed by atoms with van der Waals surface area (Å²) in [5.41, 5.74) is 1.24. The Morgan fingerprint density at radius 1 is 1.12 bits per heavy atom. The van der Waals surface area contributed by atoms with Gasteiger partial charge in [0.2, 0.25) is 0 Å². The van der Waals surface area contributed by atoms with Crippen LogP contribution in [0.5, 0.6) is 0 Å². The van der Waals surface area contributed by atoms with Crippen molar-refractivity contribution in [3.63, 3.8) is 0 Å². The molecule has 1 rings (SSSR count). The van der Waals surface area contributed by atoms with E-state index in [1.165, 1.54) is 18.4 Å². The number of rotatable bonds is 8. The first-order chi connectivity index (χ1) is 7.86. The molecule has 0 aliphatic heterocycles. The summed E-state index contributed by atoms with van der Waals surface area (Å²) >= 11 is 0. The minimum atomic E-state index is 0.639. The van der Waals surface area contributed by atoms with Crippen molar-refractivity contribution in [2.45, 2.75) is 39.3 Å². The zero-order valence-electron chi connectivity index (χ0n) is 10.4. The molecule has 0 unspecified atom stereocenters. The van der Waals surface area contributed by atoms with Crippen LogP contribution in [0.4, 0.5) is 0 Å². The molecule has 0 aromatic heterocycles. The summed E-state index contributed by atoms with van der Waals surface area (Å²) in [4.78, 5) is 0. The van der Waals surface area contributed by atoms with Crippen LogP contribution < -0.4 is 5.32 Å². The highest BCUT2D eigenvalue weighted by Crippen LogP contribution is 2.00. The number of hydrogen-bond acceptors (Lipinski definition) is 2. The van der Waals surface area contributed by atoms with Crippen LogP contribution in [-0.4, -0.2) is 19.2 Å². The van der Waals surface area contributed by atoms with E-state index in [4.69, 9.17) is 4.74 Å². The van der Waals surface area contributed by atoms with E-state index in [-0.39, 0.29) is 0 Å². The highest BCUT2D eigenvalue weighted by molar-refractivity contribution is 5.13. The molecule has 2 heteroatoms. The van der Waals surface area contributed by atoms with E-state index in [1.54, 1.807) is 0 Å². The van der Waals surface area contributed by atoms with Gasteiger partial charge in [-0.3, -0.25) is 0 Å². The maximum absolute atomic E-state index is 5.60. The zero-order chi connectivity index (χ0) is 11.6. The fraction of sp³-hybridized carbons (Fsp3) is 0.571. The third-order valence-corrected chi connectivity index (χ3v) is 2.78.